The normalized spacial score (nSPS) is 9.84. The highest BCUT2D eigenvalue weighted by atomic mass is 19.4. The van der Waals surface area contributed by atoms with Crippen molar-refractivity contribution in [3.8, 4) is 0 Å². The predicted octanol–water partition coefficient (Wildman–Crippen LogP) is 4.35. The number of alkyl halides is 7. The molecule has 0 aromatic heterocycles. The Morgan fingerprint density at radius 2 is 1.00 bits per heavy atom. The molecule has 0 aromatic rings. The maximum atomic E-state index is 11.9. The summed E-state index contributed by atoms with van der Waals surface area (Å²) in [5.74, 6) is -6.24. The quantitative estimate of drug-likeness (QED) is 0.427. The van der Waals surface area contributed by atoms with Crippen molar-refractivity contribution in [3.05, 3.63) is 26.0 Å². The molecule has 12 heteroatoms. The third kappa shape index (κ3) is 8.26. The van der Waals surface area contributed by atoms with Crippen LogP contribution in [-0.2, 0) is 4.74 Å². The van der Waals surface area contributed by atoms with Crippen molar-refractivity contribution in [3.63, 3.8) is 0 Å². The molecule has 0 saturated heterocycles. The maximum Gasteiger partial charge on any atom is 0.473 e. The number of rotatable bonds is 3. The highest BCUT2D eigenvalue weighted by Crippen LogP contribution is 2.46. The van der Waals surface area contributed by atoms with Gasteiger partial charge >= 0.3 is 18.2 Å². The van der Waals surface area contributed by atoms with Crippen LogP contribution >= 0.6 is 0 Å². The lowest BCUT2D eigenvalue weighted by atomic mass is 10.3. The molecule has 1 nitrogen and oxygen atoms in total. The molecule has 0 amide bonds. The van der Waals surface area contributed by atoms with Crippen molar-refractivity contribution < 1.29 is 54.3 Å². The highest BCUT2D eigenvalue weighted by Gasteiger charge is 2.75. The Labute approximate surface area is 99.7 Å². The average molecular weight is 320 g/mol. The average Bonchev–Trinajstić information content (AvgIpc) is 2.05. The van der Waals surface area contributed by atoms with E-state index >= 15 is 0 Å². The van der Waals surface area contributed by atoms with Gasteiger partial charge in [0.1, 0.15) is 0 Å². The predicted molar refractivity (Wildman–Crippen MR) is 48.5 cm³/mol. The summed E-state index contributed by atoms with van der Waals surface area (Å²) in [6, 6.07) is 0. The highest BCUT2D eigenvalue weighted by molar-refractivity contribution is 4.85. The Morgan fingerprint density at radius 1 is 0.737 bits per heavy atom. The molecular weight excluding hydrogens is 309 g/mol. The first-order valence-electron chi connectivity index (χ1n) is 3.17. The molecule has 0 radical (unpaired) electrons. The first kappa shape index (κ1) is 36.0. The SMILES string of the molecule is C=C.C=COC(F)(F)C(F)(F)C(F)(F)F.F.F.F.F. The fourth-order valence-corrected chi connectivity index (χ4v) is 0.344. The maximum absolute atomic E-state index is 11.9. The second-order valence-corrected chi connectivity index (χ2v) is 1.87. The molecule has 0 aromatic carbocycles. The summed E-state index contributed by atoms with van der Waals surface area (Å²) in [7, 11) is 0. The van der Waals surface area contributed by atoms with Crippen molar-refractivity contribution in [2.24, 2.45) is 0 Å². The summed E-state index contributed by atoms with van der Waals surface area (Å²) < 4.78 is 84.3. The van der Waals surface area contributed by atoms with Crippen LogP contribution in [0.15, 0.2) is 26.0 Å². The zero-order valence-corrected chi connectivity index (χ0v) is 8.89. The molecule has 0 aliphatic carbocycles. The van der Waals surface area contributed by atoms with Gasteiger partial charge in [0.15, 0.2) is 0 Å². The van der Waals surface area contributed by atoms with Gasteiger partial charge in [-0.25, -0.2) is 0 Å². The van der Waals surface area contributed by atoms with Gasteiger partial charge in [0.05, 0.1) is 6.26 Å². The fourth-order valence-electron chi connectivity index (χ4n) is 0.344. The summed E-state index contributed by atoms with van der Waals surface area (Å²) in [6.45, 7) is 8.44. The van der Waals surface area contributed by atoms with Gasteiger partial charge in [-0.05, 0) is 0 Å². The zero-order valence-electron chi connectivity index (χ0n) is 8.89. The van der Waals surface area contributed by atoms with Gasteiger partial charge in [-0.1, -0.05) is 6.58 Å². The molecule has 0 aliphatic heterocycles. The van der Waals surface area contributed by atoms with Crippen molar-refractivity contribution in [2.45, 2.75) is 18.2 Å². The molecule has 122 valence electrons. The minimum Gasteiger partial charge on any atom is -0.436 e. The molecular formula is C7H11F11O. The number of hydrogen-bond acceptors (Lipinski definition) is 1. The van der Waals surface area contributed by atoms with Crippen LogP contribution in [-0.4, -0.2) is 18.2 Å². The second kappa shape index (κ2) is 11.6. The summed E-state index contributed by atoms with van der Waals surface area (Å²) in [5.41, 5.74) is 0. The van der Waals surface area contributed by atoms with Gasteiger partial charge in [0, 0.05) is 0 Å². The minimum atomic E-state index is -6.38. The lowest BCUT2D eigenvalue weighted by Gasteiger charge is -2.26. The molecule has 0 bridgehead atoms. The van der Waals surface area contributed by atoms with E-state index in [0.717, 1.165) is 0 Å². The Kier molecular flexibility index (Phi) is 22.0. The van der Waals surface area contributed by atoms with Crippen LogP contribution in [0.25, 0.3) is 0 Å². The topological polar surface area (TPSA) is 9.23 Å². The Morgan fingerprint density at radius 3 is 1.16 bits per heavy atom. The van der Waals surface area contributed by atoms with Gasteiger partial charge in [-0.3, -0.25) is 18.8 Å². The van der Waals surface area contributed by atoms with Crippen LogP contribution in [0.3, 0.4) is 0 Å². The molecule has 0 rings (SSSR count). The number of hydrogen-bond donors (Lipinski definition) is 0. The molecule has 0 heterocycles. The summed E-state index contributed by atoms with van der Waals surface area (Å²) in [5, 5.41) is 0. The second-order valence-electron chi connectivity index (χ2n) is 1.87. The Hall–Kier alpha value is -1.49. The third-order valence-electron chi connectivity index (χ3n) is 0.953. The molecule has 0 spiro atoms. The van der Waals surface area contributed by atoms with E-state index in [1.807, 2.05) is 0 Å². The van der Waals surface area contributed by atoms with Gasteiger partial charge in [-0.15, -0.1) is 13.2 Å². The van der Waals surface area contributed by atoms with Gasteiger partial charge < -0.3 is 4.74 Å². The number of halogens is 11. The van der Waals surface area contributed by atoms with Gasteiger partial charge in [0.25, 0.3) is 0 Å². The third-order valence-corrected chi connectivity index (χ3v) is 0.953. The number of ether oxygens (including phenoxy) is 1. The fraction of sp³-hybridized carbons (Fsp3) is 0.429. The van der Waals surface area contributed by atoms with E-state index in [0.29, 0.717) is 0 Å². The first-order chi connectivity index (χ1) is 6.56. The van der Waals surface area contributed by atoms with Crippen LogP contribution in [0.2, 0.25) is 0 Å². The molecule has 19 heavy (non-hydrogen) atoms. The summed E-state index contributed by atoms with van der Waals surface area (Å²) in [6.07, 6.45) is -12.2. The molecule has 0 saturated carbocycles. The van der Waals surface area contributed by atoms with Gasteiger partial charge in [0.2, 0.25) is 0 Å². The van der Waals surface area contributed by atoms with E-state index in [-0.39, 0.29) is 25.1 Å². The van der Waals surface area contributed by atoms with E-state index in [1.165, 1.54) is 0 Å². The monoisotopic (exact) mass is 320 g/mol. The zero-order chi connectivity index (χ0) is 12.9. The van der Waals surface area contributed by atoms with Crippen LogP contribution in [0.5, 0.6) is 0 Å². The summed E-state index contributed by atoms with van der Waals surface area (Å²) in [4.78, 5) is 0. The van der Waals surface area contributed by atoms with Crippen molar-refractivity contribution in [1.82, 2.24) is 0 Å². The Balaban J connectivity index is -0.0000000669. The van der Waals surface area contributed by atoms with E-state index in [2.05, 4.69) is 24.5 Å². The largest absolute Gasteiger partial charge is 0.473 e. The molecule has 0 atom stereocenters. The van der Waals surface area contributed by atoms with Crippen LogP contribution in [0, 0.1) is 0 Å². The van der Waals surface area contributed by atoms with Crippen molar-refractivity contribution in [1.29, 1.82) is 0 Å². The standard InChI is InChI=1S/C5H3F7O.C2H4.4FH/c1-2-13-5(11,12)3(6,7)4(8,9)10;1-2;;;;/h2H,1H2;1-2H2;4*1H. The first-order valence-corrected chi connectivity index (χ1v) is 3.17. The molecule has 0 N–H and O–H groups in total. The molecule has 0 fully saturated rings. The van der Waals surface area contributed by atoms with Crippen molar-refractivity contribution in [2.75, 3.05) is 0 Å². The van der Waals surface area contributed by atoms with E-state index in [4.69, 9.17) is 0 Å². The van der Waals surface area contributed by atoms with E-state index in [1.54, 1.807) is 0 Å². The van der Waals surface area contributed by atoms with Crippen LogP contribution in [0.4, 0.5) is 49.6 Å². The van der Waals surface area contributed by atoms with Gasteiger partial charge in [-0.2, -0.15) is 30.7 Å². The van der Waals surface area contributed by atoms with E-state index < -0.39 is 18.2 Å². The Bertz CT molecular complexity index is 212. The van der Waals surface area contributed by atoms with Crippen LogP contribution in [0.1, 0.15) is 0 Å². The lowest BCUT2D eigenvalue weighted by molar-refractivity contribution is -0.412. The van der Waals surface area contributed by atoms with E-state index in [9.17, 15) is 30.7 Å². The van der Waals surface area contributed by atoms with Crippen LogP contribution < -0.4 is 0 Å². The molecule has 0 unspecified atom stereocenters. The summed E-state index contributed by atoms with van der Waals surface area (Å²) >= 11 is 0. The smallest absolute Gasteiger partial charge is 0.436 e. The lowest BCUT2D eigenvalue weighted by Crippen LogP contribution is -2.52. The van der Waals surface area contributed by atoms with Crippen molar-refractivity contribution >= 4 is 0 Å². The molecule has 0 aliphatic rings. The minimum absolute atomic E-state index is 0.